The van der Waals surface area contributed by atoms with Crippen LogP contribution in [0.4, 0.5) is 17.1 Å². The molecule has 11 rings (SSSR count). The van der Waals surface area contributed by atoms with Crippen molar-refractivity contribution >= 4 is 93.1 Å². The Balaban J connectivity index is 1.24. The fourth-order valence-electron chi connectivity index (χ4n) is 8.22. The van der Waals surface area contributed by atoms with Crippen molar-refractivity contribution in [1.29, 1.82) is 0 Å². The van der Waals surface area contributed by atoms with Crippen LogP contribution in [0.1, 0.15) is 0 Å². The average molecular weight is 625 g/mol. The SMILES string of the molecule is c1ccc(N(c2ccccc2)c2ccc(-n3c4cccc5c6cc7ccccc7cc6c6cccc7oc8ccc3c(c8c76)c54)cc2)cc1. The Morgan fingerprint density at radius 3 is 1.59 bits per heavy atom. The average Bonchev–Trinajstić information content (AvgIpc) is 3.71. The lowest BCUT2D eigenvalue weighted by atomic mass is 9.93. The lowest BCUT2D eigenvalue weighted by Gasteiger charge is -2.25. The van der Waals surface area contributed by atoms with Gasteiger partial charge >= 0.3 is 0 Å². The first-order valence-electron chi connectivity index (χ1n) is 16.8. The molecule has 0 atom stereocenters. The highest BCUT2D eigenvalue weighted by atomic mass is 16.3. The van der Waals surface area contributed by atoms with Gasteiger partial charge in [-0.2, -0.15) is 0 Å². The molecular weight excluding hydrogens is 597 g/mol. The molecule has 0 fully saturated rings. The third-order valence-electron chi connectivity index (χ3n) is 10.3. The highest BCUT2D eigenvalue weighted by Crippen LogP contribution is 2.47. The largest absolute Gasteiger partial charge is 0.456 e. The summed E-state index contributed by atoms with van der Waals surface area (Å²) in [6, 6.07) is 61.2. The number of aromatic nitrogens is 1. The zero-order chi connectivity index (χ0) is 32.1. The summed E-state index contributed by atoms with van der Waals surface area (Å²) in [6.45, 7) is 0. The van der Waals surface area contributed by atoms with Gasteiger partial charge in [-0.05, 0) is 117 Å². The smallest absolute Gasteiger partial charge is 0.136 e. The van der Waals surface area contributed by atoms with Gasteiger partial charge < -0.3 is 13.9 Å². The summed E-state index contributed by atoms with van der Waals surface area (Å²) in [5.41, 5.74) is 8.67. The van der Waals surface area contributed by atoms with Crippen LogP contribution in [0.2, 0.25) is 0 Å². The minimum Gasteiger partial charge on any atom is -0.456 e. The normalized spacial score (nSPS) is 12.1. The fourth-order valence-corrected chi connectivity index (χ4v) is 8.22. The van der Waals surface area contributed by atoms with Gasteiger partial charge in [0.05, 0.1) is 11.0 Å². The lowest BCUT2D eigenvalue weighted by Crippen LogP contribution is -2.09. The second kappa shape index (κ2) is 9.96. The van der Waals surface area contributed by atoms with Crippen LogP contribution in [-0.4, -0.2) is 4.57 Å². The molecular formula is C46H28N2O. The van der Waals surface area contributed by atoms with Gasteiger partial charge in [0.25, 0.3) is 0 Å². The minimum absolute atomic E-state index is 0.921. The third-order valence-corrected chi connectivity index (χ3v) is 10.3. The number of benzene rings is 8. The van der Waals surface area contributed by atoms with Crippen LogP contribution in [-0.2, 0) is 0 Å². The third kappa shape index (κ3) is 3.73. The Kier molecular flexibility index (Phi) is 5.38. The van der Waals surface area contributed by atoms with E-state index in [1.54, 1.807) is 0 Å². The summed E-state index contributed by atoms with van der Waals surface area (Å²) in [5, 5.41) is 12.3. The molecule has 0 spiro atoms. The van der Waals surface area contributed by atoms with Gasteiger partial charge in [0, 0.05) is 44.3 Å². The van der Waals surface area contributed by atoms with E-state index in [0.717, 1.165) is 33.9 Å². The van der Waals surface area contributed by atoms with Gasteiger partial charge in [-0.25, -0.2) is 0 Å². The molecule has 0 aliphatic rings. The monoisotopic (exact) mass is 624 g/mol. The number of fused-ring (bicyclic) bond motifs is 4. The summed E-state index contributed by atoms with van der Waals surface area (Å²) in [7, 11) is 0. The Morgan fingerprint density at radius 1 is 0.367 bits per heavy atom. The van der Waals surface area contributed by atoms with E-state index in [1.165, 1.54) is 64.9 Å². The highest BCUT2D eigenvalue weighted by Gasteiger charge is 2.23. The Morgan fingerprint density at radius 2 is 0.918 bits per heavy atom. The predicted molar refractivity (Wildman–Crippen MR) is 206 cm³/mol. The van der Waals surface area contributed by atoms with Crippen molar-refractivity contribution in [2.75, 3.05) is 4.90 Å². The van der Waals surface area contributed by atoms with Crippen LogP contribution in [0, 0.1) is 0 Å². The predicted octanol–water partition coefficient (Wildman–Crippen LogP) is 13.1. The summed E-state index contributed by atoms with van der Waals surface area (Å²) >= 11 is 0. The molecule has 0 aliphatic heterocycles. The van der Waals surface area contributed by atoms with Crippen molar-refractivity contribution in [3.63, 3.8) is 0 Å². The quantitative estimate of drug-likeness (QED) is 0.194. The highest BCUT2D eigenvalue weighted by molar-refractivity contribution is 6.38. The second-order valence-electron chi connectivity index (χ2n) is 12.9. The van der Waals surface area contributed by atoms with Gasteiger partial charge in [-0.3, -0.25) is 0 Å². The molecule has 0 radical (unpaired) electrons. The van der Waals surface area contributed by atoms with Crippen LogP contribution >= 0.6 is 0 Å². The number of rotatable bonds is 4. The van der Waals surface area contributed by atoms with Crippen molar-refractivity contribution in [2.45, 2.75) is 0 Å². The number of hydrogen-bond donors (Lipinski definition) is 0. The molecule has 2 heterocycles. The Labute approximate surface area is 281 Å². The minimum atomic E-state index is 0.921. The Bertz CT molecular complexity index is 2990. The van der Waals surface area contributed by atoms with Crippen molar-refractivity contribution in [3.8, 4) is 5.69 Å². The van der Waals surface area contributed by atoms with E-state index in [-0.39, 0.29) is 0 Å². The molecule has 9 aromatic carbocycles. The van der Waals surface area contributed by atoms with Crippen molar-refractivity contribution in [1.82, 2.24) is 4.57 Å². The standard InChI is InChI=1S/C46H28N2O/c1-3-13-31(14-4-1)47(32-15-5-2-6-16-32)33-21-23-34(24-22-33)48-39-19-9-17-35-37-27-29-11-7-8-12-30(29)28-38(37)36-18-10-20-41-44(36)46-42(49-41)26-25-40(48)45(46)43(35)39/h1-28H. The number of furan rings is 1. The molecule has 3 nitrogen and oxygen atoms in total. The van der Waals surface area contributed by atoms with Crippen LogP contribution in [0.25, 0.3) is 81.7 Å². The van der Waals surface area contributed by atoms with Gasteiger partial charge in [0.15, 0.2) is 0 Å². The lowest BCUT2D eigenvalue weighted by molar-refractivity contribution is 0.669. The molecule has 228 valence electrons. The number of hydrogen-bond acceptors (Lipinski definition) is 2. The van der Waals surface area contributed by atoms with Crippen molar-refractivity contribution < 1.29 is 4.42 Å². The molecule has 0 aliphatic carbocycles. The van der Waals surface area contributed by atoms with Gasteiger partial charge in [0.2, 0.25) is 0 Å². The van der Waals surface area contributed by atoms with E-state index >= 15 is 0 Å². The van der Waals surface area contributed by atoms with Crippen molar-refractivity contribution in [3.05, 3.63) is 170 Å². The van der Waals surface area contributed by atoms with Crippen LogP contribution in [0.3, 0.4) is 0 Å². The summed E-state index contributed by atoms with van der Waals surface area (Å²) in [5.74, 6) is 0. The molecule has 2 aromatic heterocycles. The van der Waals surface area contributed by atoms with Gasteiger partial charge in [0.1, 0.15) is 11.2 Å². The molecule has 0 saturated carbocycles. The number of anilines is 3. The molecule has 0 unspecified atom stereocenters. The van der Waals surface area contributed by atoms with E-state index in [2.05, 4.69) is 179 Å². The molecule has 0 amide bonds. The maximum Gasteiger partial charge on any atom is 0.136 e. The van der Waals surface area contributed by atoms with E-state index in [9.17, 15) is 0 Å². The van der Waals surface area contributed by atoms with Crippen LogP contribution < -0.4 is 4.90 Å². The number of para-hydroxylation sites is 2. The topological polar surface area (TPSA) is 21.3 Å². The first-order chi connectivity index (χ1) is 24.3. The van der Waals surface area contributed by atoms with Gasteiger partial charge in [-0.15, -0.1) is 0 Å². The molecule has 49 heavy (non-hydrogen) atoms. The van der Waals surface area contributed by atoms with E-state index in [1.807, 2.05) is 0 Å². The molecule has 0 saturated heterocycles. The molecule has 11 aromatic rings. The first kappa shape index (κ1) is 26.5. The Hall–Kier alpha value is -6.58. The van der Waals surface area contributed by atoms with E-state index < -0.39 is 0 Å². The van der Waals surface area contributed by atoms with E-state index in [4.69, 9.17) is 4.42 Å². The summed E-state index contributed by atoms with van der Waals surface area (Å²) in [4.78, 5) is 2.31. The zero-order valence-corrected chi connectivity index (χ0v) is 26.5. The summed E-state index contributed by atoms with van der Waals surface area (Å²) in [6.07, 6.45) is 0. The first-order valence-corrected chi connectivity index (χ1v) is 16.8. The van der Waals surface area contributed by atoms with Crippen molar-refractivity contribution in [2.24, 2.45) is 0 Å². The molecule has 0 bridgehead atoms. The van der Waals surface area contributed by atoms with Gasteiger partial charge in [-0.1, -0.05) is 84.9 Å². The zero-order valence-electron chi connectivity index (χ0n) is 26.5. The van der Waals surface area contributed by atoms with Crippen LogP contribution in [0.5, 0.6) is 0 Å². The maximum absolute atomic E-state index is 6.60. The fraction of sp³-hybridized carbons (Fsp3) is 0. The summed E-state index contributed by atoms with van der Waals surface area (Å²) < 4.78 is 9.03. The number of nitrogens with zero attached hydrogens (tertiary/aromatic N) is 2. The second-order valence-corrected chi connectivity index (χ2v) is 12.9. The maximum atomic E-state index is 6.60. The van der Waals surface area contributed by atoms with Crippen LogP contribution in [0.15, 0.2) is 174 Å². The molecule has 3 heteroatoms. The van der Waals surface area contributed by atoms with E-state index in [0.29, 0.717) is 0 Å². The molecule has 0 N–H and O–H groups in total.